The number of carbonyl (C=O) groups is 2. The van der Waals surface area contributed by atoms with E-state index in [1.54, 1.807) is 0 Å². The highest BCUT2D eigenvalue weighted by atomic mass is 19.1. The van der Waals surface area contributed by atoms with Gasteiger partial charge in [-0.3, -0.25) is 9.59 Å². The molecule has 0 saturated heterocycles. The third-order valence-electron chi connectivity index (χ3n) is 3.85. The molecule has 2 amide bonds. The lowest BCUT2D eigenvalue weighted by molar-refractivity contribution is -0.122. The van der Waals surface area contributed by atoms with Crippen LogP contribution in [0.3, 0.4) is 0 Å². The second-order valence-electron chi connectivity index (χ2n) is 5.94. The van der Waals surface area contributed by atoms with Crippen molar-refractivity contribution in [1.82, 2.24) is 10.6 Å². The molecule has 0 fully saturated rings. The molecule has 0 radical (unpaired) electrons. The summed E-state index contributed by atoms with van der Waals surface area (Å²) in [5, 5.41) is 5.19. The highest BCUT2D eigenvalue weighted by Crippen LogP contribution is 2.21. The number of hydrogen-bond acceptors (Lipinski definition) is 3. The van der Waals surface area contributed by atoms with Gasteiger partial charge < -0.3 is 16.4 Å². The number of benzene rings is 2. The molecular weight excluding hydrogens is 340 g/mol. The van der Waals surface area contributed by atoms with Crippen LogP contribution in [0.2, 0.25) is 0 Å². The molecule has 0 aliphatic rings. The monoisotopic (exact) mass is 361 g/mol. The fourth-order valence-corrected chi connectivity index (χ4v) is 2.57. The van der Waals surface area contributed by atoms with Gasteiger partial charge in [0.15, 0.2) is 0 Å². The normalized spacial score (nSPS) is 12.9. The minimum atomic E-state index is -0.902. The van der Waals surface area contributed by atoms with Gasteiger partial charge in [0, 0.05) is 31.1 Å². The first-order valence-corrected chi connectivity index (χ1v) is 8.16. The van der Waals surface area contributed by atoms with Crippen molar-refractivity contribution in [2.45, 2.75) is 25.4 Å². The molecule has 2 aromatic rings. The maximum absolute atomic E-state index is 14.0. The van der Waals surface area contributed by atoms with E-state index in [1.807, 2.05) is 30.3 Å². The summed E-state index contributed by atoms with van der Waals surface area (Å²) in [5.74, 6) is -2.38. The number of hydrogen-bond donors (Lipinski definition) is 3. The topological polar surface area (TPSA) is 84.2 Å². The van der Waals surface area contributed by atoms with E-state index in [-0.39, 0.29) is 24.6 Å². The zero-order chi connectivity index (χ0) is 19.1. The number of nitrogens with one attached hydrogen (secondary N) is 2. The summed E-state index contributed by atoms with van der Waals surface area (Å²) in [4.78, 5) is 23.6. The third-order valence-corrected chi connectivity index (χ3v) is 3.85. The lowest BCUT2D eigenvalue weighted by Crippen LogP contribution is -2.36. The Morgan fingerprint density at radius 3 is 2.42 bits per heavy atom. The van der Waals surface area contributed by atoms with Crippen LogP contribution in [0.5, 0.6) is 0 Å². The second-order valence-corrected chi connectivity index (χ2v) is 5.94. The maximum atomic E-state index is 14.0. The van der Waals surface area contributed by atoms with Gasteiger partial charge >= 0.3 is 0 Å². The Morgan fingerprint density at radius 1 is 1.12 bits per heavy atom. The van der Waals surface area contributed by atoms with Crippen LogP contribution >= 0.6 is 0 Å². The molecule has 2 rings (SSSR count). The van der Waals surface area contributed by atoms with Crippen molar-refractivity contribution in [3.05, 3.63) is 71.3 Å². The lowest BCUT2D eigenvalue weighted by atomic mass is 10.0. The van der Waals surface area contributed by atoms with Crippen molar-refractivity contribution < 1.29 is 18.4 Å². The van der Waals surface area contributed by atoms with Gasteiger partial charge in [-0.05, 0) is 11.6 Å². The average Bonchev–Trinajstić information content (AvgIpc) is 2.59. The molecule has 0 bridgehead atoms. The molecular formula is C19H21F2N3O2. The van der Waals surface area contributed by atoms with Crippen molar-refractivity contribution in [2.24, 2.45) is 5.73 Å². The van der Waals surface area contributed by atoms with E-state index in [0.29, 0.717) is 6.07 Å². The van der Waals surface area contributed by atoms with Crippen LogP contribution < -0.4 is 16.4 Å². The summed E-state index contributed by atoms with van der Waals surface area (Å²) < 4.78 is 27.1. The van der Waals surface area contributed by atoms with E-state index in [9.17, 15) is 18.4 Å². The summed E-state index contributed by atoms with van der Waals surface area (Å²) in [7, 11) is 0. The third kappa shape index (κ3) is 5.63. The van der Waals surface area contributed by atoms with Gasteiger partial charge in [-0.2, -0.15) is 0 Å². The molecule has 0 saturated carbocycles. The predicted octanol–water partition coefficient (Wildman–Crippen LogP) is 2.35. The summed E-state index contributed by atoms with van der Waals surface area (Å²) in [5.41, 5.74) is 6.94. The number of amides is 2. The van der Waals surface area contributed by atoms with E-state index in [1.165, 1.54) is 13.0 Å². The van der Waals surface area contributed by atoms with Gasteiger partial charge in [-0.1, -0.05) is 36.4 Å². The van der Waals surface area contributed by atoms with Crippen LogP contribution in [0.25, 0.3) is 0 Å². The first-order chi connectivity index (χ1) is 12.4. The molecule has 5 nitrogen and oxygen atoms in total. The van der Waals surface area contributed by atoms with Crippen LogP contribution in [0.15, 0.2) is 48.5 Å². The number of halogens is 2. The molecule has 2 aromatic carbocycles. The summed E-state index contributed by atoms with van der Waals surface area (Å²) in [6.45, 7) is 1.46. The quantitative estimate of drug-likeness (QED) is 0.708. The highest BCUT2D eigenvalue weighted by molar-refractivity contribution is 5.79. The maximum Gasteiger partial charge on any atom is 0.222 e. The molecule has 7 heteroatoms. The Hall–Kier alpha value is -2.80. The Balaban J connectivity index is 2.01. The summed E-state index contributed by atoms with van der Waals surface area (Å²) in [6, 6.07) is 11.0. The van der Waals surface area contributed by atoms with Crippen LogP contribution in [-0.4, -0.2) is 18.4 Å². The van der Waals surface area contributed by atoms with E-state index in [0.717, 1.165) is 11.6 Å². The SMILES string of the molecule is CC(=O)NC(CC(=O)NCC(N)c1ccccc1)c1ccc(F)cc1F. The Morgan fingerprint density at radius 2 is 1.81 bits per heavy atom. The molecule has 4 N–H and O–H groups in total. The van der Waals surface area contributed by atoms with Gasteiger partial charge in [-0.25, -0.2) is 8.78 Å². The number of carbonyl (C=O) groups excluding carboxylic acids is 2. The minimum absolute atomic E-state index is 0.0455. The van der Waals surface area contributed by atoms with Crippen LogP contribution in [0.4, 0.5) is 8.78 Å². The van der Waals surface area contributed by atoms with Crippen LogP contribution in [0, 0.1) is 11.6 Å². The Kier molecular flexibility index (Phi) is 6.80. The molecule has 0 aliphatic heterocycles. The van der Waals surface area contributed by atoms with Gasteiger partial charge in [0.2, 0.25) is 11.8 Å². The largest absolute Gasteiger partial charge is 0.354 e. The first-order valence-electron chi connectivity index (χ1n) is 8.16. The smallest absolute Gasteiger partial charge is 0.222 e. The summed E-state index contributed by atoms with van der Waals surface area (Å²) >= 11 is 0. The molecule has 2 atom stereocenters. The molecule has 26 heavy (non-hydrogen) atoms. The van der Waals surface area contributed by atoms with Crippen molar-refractivity contribution in [3.63, 3.8) is 0 Å². The van der Waals surface area contributed by atoms with Crippen LogP contribution in [0.1, 0.15) is 36.6 Å². The van der Waals surface area contributed by atoms with Crippen LogP contribution in [-0.2, 0) is 9.59 Å². The van der Waals surface area contributed by atoms with Crippen molar-refractivity contribution in [3.8, 4) is 0 Å². The number of rotatable bonds is 7. The molecule has 0 spiro atoms. The predicted molar refractivity (Wildman–Crippen MR) is 93.9 cm³/mol. The van der Waals surface area contributed by atoms with Crippen molar-refractivity contribution >= 4 is 11.8 Å². The zero-order valence-corrected chi connectivity index (χ0v) is 14.3. The molecule has 0 heterocycles. The molecule has 2 unspecified atom stereocenters. The highest BCUT2D eigenvalue weighted by Gasteiger charge is 2.21. The average molecular weight is 361 g/mol. The van der Waals surface area contributed by atoms with E-state index in [2.05, 4.69) is 10.6 Å². The minimum Gasteiger partial charge on any atom is -0.354 e. The Labute approximate surface area is 150 Å². The summed E-state index contributed by atoms with van der Waals surface area (Å²) in [6.07, 6.45) is -0.191. The van der Waals surface area contributed by atoms with E-state index >= 15 is 0 Å². The van der Waals surface area contributed by atoms with Crippen molar-refractivity contribution in [1.29, 1.82) is 0 Å². The van der Waals surface area contributed by atoms with Gasteiger partial charge in [0.05, 0.1) is 12.5 Å². The second kappa shape index (κ2) is 9.05. The van der Waals surface area contributed by atoms with E-state index < -0.39 is 29.5 Å². The number of nitrogens with two attached hydrogens (primary N) is 1. The fourth-order valence-electron chi connectivity index (χ4n) is 2.57. The van der Waals surface area contributed by atoms with Gasteiger partial charge in [0.1, 0.15) is 11.6 Å². The van der Waals surface area contributed by atoms with E-state index in [4.69, 9.17) is 5.73 Å². The van der Waals surface area contributed by atoms with Gasteiger partial charge in [-0.15, -0.1) is 0 Å². The van der Waals surface area contributed by atoms with Gasteiger partial charge in [0.25, 0.3) is 0 Å². The molecule has 138 valence electrons. The standard InChI is InChI=1S/C19H21F2N3O2/c1-12(25)24-18(15-8-7-14(20)9-16(15)21)10-19(26)23-11-17(22)13-5-3-2-4-6-13/h2-9,17-18H,10-11,22H2,1H3,(H,23,26)(H,24,25). The molecule has 0 aliphatic carbocycles. The lowest BCUT2D eigenvalue weighted by Gasteiger charge is -2.20. The zero-order valence-electron chi connectivity index (χ0n) is 14.3. The Bertz CT molecular complexity index is 769. The fraction of sp³-hybridized carbons (Fsp3) is 0.263. The molecule has 0 aromatic heterocycles. The first kappa shape index (κ1) is 19.5. The van der Waals surface area contributed by atoms with Crippen molar-refractivity contribution in [2.75, 3.05) is 6.54 Å².